The Hall–Kier alpha value is -2.09. The van der Waals surface area contributed by atoms with Gasteiger partial charge in [0.2, 0.25) is 0 Å². The standard InChI is InChI=1S/C14H12O2/c1-3-10-6-4-7-11-8-5-9-12(13(10)11)14(15)16-2/h3-9H,1H2,2H3. The van der Waals surface area contributed by atoms with Crippen molar-refractivity contribution in [1.82, 2.24) is 0 Å². The van der Waals surface area contributed by atoms with Gasteiger partial charge >= 0.3 is 5.97 Å². The lowest BCUT2D eigenvalue weighted by Crippen LogP contribution is -2.02. The Labute approximate surface area is 94.2 Å². The van der Waals surface area contributed by atoms with Crippen molar-refractivity contribution in [3.05, 3.63) is 54.1 Å². The highest BCUT2D eigenvalue weighted by atomic mass is 16.5. The first-order valence-electron chi connectivity index (χ1n) is 5.00. The van der Waals surface area contributed by atoms with Gasteiger partial charge in [-0.05, 0) is 17.0 Å². The van der Waals surface area contributed by atoms with Crippen LogP contribution in [-0.2, 0) is 4.74 Å². The van der Waals surface area contributed by atoms with Crippen molar-refractivity contribution in [2.75, 3.05) is 7.11 Å². The molecule has 0 saturated heterocycles. The van der Waals surface area contributed by atoms with Crippen LogP contribution in [0.25, 0.3) is 16.8 Å². The number of esters is 1. The van der Waals surface area contributed by atoms with Crippen LogP contribution in [0, 0.1) is 0 Å². The molecule has 0 radical (unpaired) electrons. The maximum absolute atomic E-state index is 11.6. The summed E-state index contributed by atoms with van der Waals surface area (Å²) >= 11 is 0. The van der Waals surface area contributed by atoms with Crippen molar-refractivity contribution >= 4 is 22.8 Å². The molecule has 0 aliphatic heterocycles. The maximum Gasteiger partial charge on any atom is 0.338 e. The van der Waals surface area contributed by atoms with Crippen LogP contribution in [0.15, 0.2) is 43.0 Å². The Kier molecular flexibility index (Phi) is 2.73. The molecule has 2 heteroatoms. The van der Waals surface area contributed by atoms with Crippen LogP contribution in [0.1, 0.15) is 15.9 Å². The minimum atomic E-state index is -0.320. The van der Waals surface area contributed by atoms with E-state index >= 15 is 0 Å². The van der Waals surface area contributed by atoms with E-state index in [1.807, 2.05) is 30.3 Å². The molecule has 80 valence electrons. The number of ether oxygens (including phenoxy) is 1. The van der Waals surface area contributed by atoms with Crippen molar-refractivity contribution in [2.45, 2.75) is 0 Å². The Morgan fingerprint density at radius 2 is 1.94 bits per heavy atom. The van der Waals surface area contributed by atoms with Crippen LogP contribution in [-0.4, -0.2) is 13.1 Å². The molecule has 0 fully saturated rings. The molecule has 0 aliphatic carbocycles. The molecule has 0 atom stereocenters. The molecule has 2 nitrogen and oxygen atoms in total. The summed E-state index contributed by atoms with van der Waals surface area (Å²) < 4.78 is 4.77. The van der Waals surface area contributed by atoms with Gasteiger partial charge in [0.15, 0.2) is 0 Å². The number of methoxy groups -OCH3 is 1. The van der Waals surface area contributed by atoms with Crippen molar-refractivity contribution in [3.8, 4) is 0 Å². The largest absolute Gasteiger partial charge is 0.465 e. The van der Waals surface area contributed by atoms with E-state index in [4.69, 9.17) is 4.74 Å². The Morgan fingerprint density at radius 3 is 2.56 bits per heavy atom. The topological polar surface area (TPSA) is 26.3 Å². The van der Waals surface area contributed by atoms with Crippen LogP contribution in [0.2, 0.25) is 0 Å². The summed E-state index contributed by atoms with van der Waals surface area (Å²) in [4.78, 5) is 11.6. The first kappa shape index (κ1) is 10.4. The van der Waals surface area contributed by atoms with Gasteiger partial charge in [0.05, 0.1) is 12.7 Å². The highest BCUT2D eigenvalue weighted by Gasteiger charge is 2.11. The Morgan fingerprint density at radius 1 is 1.25 bits per heavy atom. The van der Waals surface area contributed by atoms with Gasteiger partial charge in [0.1, 0.15) is 0 Å². The molecule has 0 aliphatic rings. The second kappa shape index (κ2) is 4.19. The van der Waals surface area contributed by atoms with Gasteiger partial charge in [0, 0.05) is 5.39 Å². The van der Waals surface area contributed by atoms with Gasteiger partial charge in [-0.1, -0.05) is 43.0 Å². The third-order valence-electron chi connectivity index (χ3n) is 2.56. The Balaban J connectivity index is 2.83. The molecule has 2 aromatic carbocycles. The first-order valence-corrected chi connectivity index (χ1v) is 5.00. The second-order valence-corrected chi connectivity index (χ2v) is 3.45. The molecule has 0 heterocycles. The normalized spacial score (nSPS) is 10.1. The lowest BCUT2D eigenvalue weighted by Gasteiger charge is -2.07. The molecule has 0 aromatic heterocycles. The first-order chi connectivity index (χ1) is 7.77. The summed E-state index contributed by atoms with van der Waals surface area (Å²) in [7, 11) is 1.39. The summed E-state index contributed by atoms with van der Waals surface area (Å²) in [5, 5.41) is 1.91. The summed E-state index contributed by atoms with van der Waals surface area (Å²) in [5.74, 6) is -0.320. The van der Waals surface area contributed by atoms with Crippen LogP contribution < -0.4 is 0 Å². The minimum absolute atomic E-state index is 0.320. The van der Waals surface area contributed by atoms with Gasteiger partial charge < -0.3 is 4.74 Å². The number of carbonyl (C=O) groups excluding carboxylic acids is 1. The van der Waals surface area contributed by atoms with E-state index in [0.717, 1.165) is 16.3 Å². The minimum Gasteiger partial charge on any atom is -0.465 e. The average molecular weight is 212 g/mol. The van der Waals surface area contributed by atoms with Crippen molar-refractivity contribution in [1.29, 1.82) is 0 Å². The fourth-order valence-corrected chi connectivity index (χ4v) is 1.82. The molecule has 16 heavy (non-hydrogen) atoms. The molecular formula is C14H12O2. The molecule has 2 rings (SSSR count). The monoisotopic (exact) mass is 212 g/mol. The highest BCUT2D eigenvalue weighted by molar-refractivity contribution is 6.07. The van der Waals surface area contributed by atoms with Gasteiger partial charge in [-0.25, -0.2) is 4.79 Å². The van der Waals surface area contributed by atoms with E-state index < -0.39 is 0 Å². The van der Waals surface area contributed by atoms with E-state index in [1.165, 1.54) is 7.11 Å². The number of hydrogen-bond acceptors (Lipinski definition) is 2. The zero-order valence-corrected chi connectivity index (χ0v) is 9.07. The van der Waals surface area contributed by atoms with Crippen LogP contribution >= 0.6 is 0 Å². The smallest absolute Gasteiger partial charge is 0.338 e. The second-order valence-electron chi connectivity index (χ2n) is 3.45. The quantitative estimate of drug-likeness (QED) is 0.714. The van der Waals surface area contributed by atoms with Gasteiger partial charge in [-0.2, -0.15) is 0 Å². The zero-order valence-electron chi connectivity index (χ0n) is 9.07. The van der Waals surface area contributed by atoms with Crippen molar-refractivity contribution in [2.24, 2.45) is 0 Å². The molecule has 0 unspecified atom stereocenters. The van der Waals surface area contributed by atoms with E-state index in [9.17, 15) is 4.79 Å². The number of benzene rings is 2. The van der Waals surface area contributed by atoms with Gasteiger partial charge in [0.25, 0.3) is 0 Å². The highest BCUT2D eigenvalue weighted by Crippen LogP contribution is 2.24. The predicted molar refractivity (Wildman–Crippen MR) is 65.4 cm³/mol. The molecule has 0 spiro atoms. The fourth-order valence-electron chi connectivity index (χ4n) is 1.82. The number of carbonyl (C=O) groups is 1. The van der Waals surface area contributed by atoms with Crippen molar-refractivity contribution < 1.29 is 9.53 Å². The van der Waals surface area contributed by atoms with Crippen LogP contribution in [0.4, 0.5) is 0 Å². The van der Waals surface area contributed by atoms with Gasteiger partial charge in [-0.15, -0.1) is 0 Å². The van der Waals surface area contributed by atoms with Crippen molar-refractivity contribution in [3.63, 3.8) is 0 Å². The molecule has 0 bridgehead atoms. The lowest BCUT2D eigenvalue weighted by molar-refractivity contribution is 0.0603. The summed E-state index contributed by atoms with van der Waals surface area (Å²) in [5.41, 5.74) is 1.52. The van der Waals surface area contributed by atoms with E-state index in [-0.39, 0.29) is 5.97 Å². The van der Waals surface area contributed by atoms with Gasteiger partial charge in [-0.3, -0.25) is 0 Å². The molecular weight excluding hydrogens is 200 g/mol. The number of rotatable bonds is 2. The molecule has 0 N–H and O–H groups in total. The summed E-state index contributed by atoms with van der Waals surface area (Å²) in [6.07, 6.45) is 1.74. The molecule has 0 amide bonds. The van der Waals surface area contributed by atoms with E-state index in [1.54, 1.807) is 12.1 Å². The average Bonchev–Trinajstić information content (AvgIpc) is 2.36. The van der Waals surface area contributed by atoms with Crippen LogP contribution in [0.3, 0.4) is 0 Å². The lowest BCUT2D eigenvalue weighted by atomic mass is 9.99. The number of fused-ring (bicyclic) bond motifs is 1. The molecule has 0 saturated carbocycles. The van der Waals surface area contributed by atoms with E-state index in [0.29, 0.717) is 5.56 Å². The third kappa shape index (κ3) is 1.58. The van der Waals surface area contributed by atoms with E-state index in [2.05, 4.69) is 6.58 Å². The summed E-state index contributed by atoms with van der Waals surface area (Å²) in [6, 6.07) is 11.4. The SMILES string of the molecule is C=Cc1cccc2cccc(C(=O)OC)c12. The number of hydrogen-bond donors (Lipinski definition) is 0. The fraction of sp³-hybridized carbons (Fsp3) is 0.0714. The summed E-state index contributed by atoms with van der Waals surface area (Å²) in [6.45, 7) is 3.76. The van der Waals surface area contributed by atoms with Crippen LogP contribution in [0.5, 0.6) is 0 Å². The Bertz CT molecular complexity index is 550. The zero-order chi connectivity index (χ0) is 11.5. The molecule has 2 aromatic rings. The maximum atomic E-state index is 11.6. The predicted octanol–water partition coefficient (Wildman–Crippen LogP) is 3.27. The third-order valence-corrected chi connectivity index (χ3v) is 2.56.